The molecule has 6 nitrogen and oxygen atoms in total. The van der Waals surface area contributed by atoms with E-state index >= 15 is 0 Å². The third-order valence-corrected chi connectivity index (χ3v) is 7.21. The second kappa shape index (κ2) is 9.42. The number of aromatic nitrogens is 1. The van der Waals surface area contributed by atoms with Crippen LogP contribution in [-0.2, 0) is 33.5 Å². The molecule has 3 heterocycles. The molecule has 188 valence electrons. The highest BCUT2D eigenvalue weighted by molar-refractivity contribution is 7.89. The summed E-state index contributed by atoms with van der Waals surface area (Å²) in [7, 11) is -3.78. The SMILES string of the molecule is CS(=O)(=O)N=C(c1ccc(CN2CCC3(CC2)OCc2cc(F)ncc23)cc1)c1ccc(F)c(F)c1. The molecule has 10 heteroatoms. The molecular weight excluding hydrogens is 491 g/mol. The Bertz CT molecular complexity index is 1430. The van der Waals surface area contributed by atoms with Gasteiger partial charge < -0.3 is 4.74 Å². The van der Waals surface area contributed by atoms with Gasteiger partial charge in [-0.05, 0) is 48.2 Å². The lowest BCUT2D eigenvalue weighted by Crippen LogP contribution is -2.42. The number of hydrogen-bond acceptors (Lipinski definition) is 5. The Hall–Kier alpha value is -3.08. The number of hydrogen-bond donors (Lipinski definition) is 0. The van der Waals surface area contributed by atoms with Crippen LogP contribution in [0.1, 0.15) is 40.7 Å². The lowest BCUT2D eigenvalue weighted by Gasteiger charge is -2.39. The Kier molecular flexibility index (Phi) is 6.44. The van der Waals surface area contributed by atoms with Gasteiger partial charge in [0.2, 0.25) is 5.95 Å². The maximum absolute atomic E-state index is 13.8. The maximum atomic E-state index is 13.8. The number of fused-ring (bicyclic) bond motifs is 2. The lowest BCUT2D eigenvalue weighted by molar-refractivity contribution is -0.0800. The quantitative estimate of drug-likeness (QED) is 0.374. The number of pyridine rings is 1. The van der Waals surface area contributed by atoms with E-state index in [0.29, 0.717) is 18.7 Å². The predicted molar refractivity (Wildman–Crippen MR) is 128 cm³/mol. The summed E-state index contributed by atoms with van der Waals surface area (Å²) in [6, 6.07) is 11.8. The molecule has 1 saturated heterocycles. The van der Waals surface area contributed by atoms with Gasteiger partial charge in [-0.25, -0.2) is 22.2 Å². The van der Waals surface area contributed by atoms with E-state index in [4.69, 9.17) is 4.74 Å². The molecule has 2 aliphatic heterocycles. The van der Waals surface area contributed by atoms with E-state index in [9.17, 15) is 21.6 Å². The van der Waals surface area contributed by atoms with Crippen molar-refractivity contribution in [2.75, 3.05) is 19.3 Å². The average molecular weight is 516 g/mol. The minimum absolute atomic E-state index is 0.0463. The Morgan fingerprint density at radius 2 is 1.72 bits per heavy atom. The molecule has 0 amide bonds. The molecule has 0 unspecified atom stereocenters. The first-order chi connectivity index (χ1) is 17.1. The van der Waals surface area contributed by atoms with Gasteiger partial charge in [0.1, 0.15) is 0 Å². The Balaban J connectivity index is 1.30. The van der Waals surface area contributed by atoms with Crippen molar-refractivity contribution in [3.05, 3.63) is 100 Å². The number of likely N-dealkylation sites (tertiary alicyclic amines) is 1. The molecule has 3 aromatic rings. The van der Waals surface area contributed by atoms with Crippen molar-refractivity contribution >= 4 is 15.7 Å². The standard InChI is InChI=1S/C26H24F3N3O3S/c1-36(33,34)31-25(19-6-7-22(27)23(28)12-19)18-4-2-17(3-5-18)15-32-10-8-26(9-11-32)21-14-30-24(29)13-20(21)16-35-26/h2-7,12-14H,8-11,15-16H2,1H3. The molecule has 5 rings (SSSR count). The molecule has 0 bridgehead atoms. The number of ether oxygens (including phenoxy) is 1. The van der Waals surface area contributed by atoms with Gasteiger partial charge in [0.15, 0.2) is 11.6 Å². The normalized spacial score (nSPS) is 17.9. The van der Waals surface area contributed by atoms with Crippen LogP contribution in [0, 0.1) is 17.6 Å². The van der Waals surface area contributed by atoms with Gasteiger partial charge >= 0.3 is 0 Å². The third-order valence-electron chi connectivity index (χ3n) is 6.70. The van der Waals surface area contributed by atoms with Gasteiger partial charge in [0.25, 0.3) is 10.0 Å². The van der Waals surface area contributed by atoms with Crippen LogP contribution in [0.3, 0.4) is 0 Å². The van der Waals surface area contributed by atoms with Crippen molar-refractivity contribution in [3.63, 3.8) is 0 Å². The molecule has 0 saturated carbocycles. The highest BCUT2D eigenvalue weighted by atomic mass is 32.2. The van der Waals surface area contributed by atoms with Crippen LogP contribution in [0.4, 0.5) is 13.2 Å². The summed E-state index contributed by atoms with van der Waals surface area (Å²) in [5.74, 6) is -2.60. The number of piperidine rings is 1. The molecule has 0 aliphatic carbocycles. The second-order valence-corrected chi connectivity index (χ2v) is 10.9. The fourth-order valence-electron chi connectivity index (χ4n) is 4.88. The maximum Gasteiger partial charge on any atom is 0.250 e. The fraction of sp³-hybridized carbons (Fsp3) is 0.308. The number of nitrogens with zero attached hydrogens (tertiary/aromatic N) is 3. The van der Waals surface area contributed by atoms with Gasteiger partial charge in [-0.15, -0.1) is 0 Å². The van der Waals surface area contributed by atoms with Crippen LogP contribution < -0.4 is 0 Å². The second-order valence-electron chi connectivity index (χ2n) is 9.22. The van der Waals surface area contributed by atoms with Gasteiger partial charge in [0, 0.05) is 42.5 Å². The minimum Gasteiger partial charge on any atom is -0.365 e. The molecule has 0 radical (unpaired) electrons. The summed E-state index contributed by atoms with van der Waals surface area (Å²) in [4.78, 5) is 6.11. The summed E-state index contributed by atoms with van der Waals surface area (Å²) < 4.78 is 74.3. The van der Waals surface area contributed by atoms with E-state index in [0.717, 1.165) is 61.0 Å². The van der Waals surface area contributed by atoms with E-state index < -0.39 is 33.2 Å². The van der Waals surface area contributed by atoms with Crippen LogP contribution in [0.15, 0.2) is 59.1 Å². The first-order valence-corrected chi connectivity index (χ1v) is 13.3. The van der Waals surface area contributed by atoms with E-state index in [1.54, 1.807) is 18.3 Å². The van der Waals surface area contributed by atoms with Crippen molar-refractivity contribution in [2.45, 2.75) is 31.6 Å². The molecule has 36 heavy (non-hydrogen) atoms. The van der Waals surface area contributed by atoms with Crippen molar-refractivity contribution < 1.29 is 26.3 Å². The largest absolute Gasteiger partial charge is 0.365 e. The van der Waals surface area contributed by atoms with Crippen molar-refractivity contribution in [2.24, 2.45) is 4.40 Å². The molecule has 1 aromatic heterocycles. The first-order valence-electron chi connectivity index (χ1n) is 11.5. The monoisotopic (exact) mass is 515 g/mol. The highest BCUT2D eigenvalue weighted by Gasteiger charge is 2.43. The van der Waals surface area contributed by atoms with Gasteiger partial charge in [-0.1, -0.05) is 24.3 Å². The van der Waals surface area contributed by atoms with Crippen LogP contribution in [0.5, 0.6) is 0 Å². The molecule has 1 fully saturated rings. The topological polar surface area (TPSA) is 71.9 Å². The summed E-state index contributed by atoms with van der Waals surface area (Å²) in [5.41, 5.74) is 3.11. The fourth-order valence-corrected chi connectivity index (χ4v) is 5.43. The zero-order valence-electron chi connectivity index (χ0n) is 19.5. The summed E-state index contributed by atoms with van der Waals surface area (Å²) in [5, 5.41) is 0. The van der Waals surface area contributed by atoms with Crippen LogP contribution >= 0.6 is 0 Å². The zero-order chi connectivity index (χ0) is 25.5. The van der Waals surface area contributed by atoms with Crippen LogP contribution in [0.25, 0.3) is 0 Å². The Morgan fingerprint density at radius 3 is 2.39 bits per heavy atom. The van der Waals surface area contributed by atoms with E-state index in [1.165, 1.54) is 12.1 Å². The number of sulfonamides is 1. The number of halogens is 3. The van der Waals surface area contributed by atoms with E-state index in [1.807, 2.05) is 12.1 Å². The summed E-state index contributed by atoms with van der Waals surface area (Å²) >= 11 is 0. The minimum atomic E-state index is -3.78. The zero-order valence-corrected chi connectivity index (χ0v) is 20.4. The van der Waals surface area contributed by atoms with Crippen LogP contribution in [-0.4, -0.2) is 43.4 Å². The predicted octanol–water partition coefficient (Wildman–Crippen LogP) is 4.32. The average Bonchev–Trinajstić information content (AvgIpc) is 3.18. The molecule has 0 atom stereocenters. The van der Waals surface area contributed by atoms with Gasteiger partial charge in [-0.2, -0.15) is 8.79 Å². The molecule has 0 N–H and O–H groups in total. The van der Waals surface area contributed by atoms with Crippen LogP contribution in [0.2, 0.25) is 0 Å². The van der Waals surface area contributed by atoms with Crippen molar-refractivity contribution in [3.8, 4) is 0 Å². The van der Waals surface area contributed by atoms with Gasteiger partial charge in [-0.3, -0.25) is 4.90 Å². The molecular formula is C26H24F3N3O3S. The third kappa shape index (κ3) is 5.07. The molecule has 2 aromatic carbocycles. The first kappa shape index (κ1) is 24.6. The Labute approximate surface area is 207 Å². The summed E-state index contributed by atoms with van der Waals surface area (Å²) in [6.45, 7) is 2.64. The number of benzene rings is 2. The summed E-state index contributed by atoms with van der Waals surface area (Å²) in [6.07, 6.45) is 4.08. The van der Waals surface area contributed by atoms with Gasteiger partial charge in [0.05, 0.1) is 24.2 Å². The van der Waals surface area contributed by atoms with Crippen molar-refractivity contribution in [1.82, 2.24) is 9.88 Å². The van der Waals surface area contributed by atoms with Crippen molar-refractivity contribution in [1.29, 1.82) is 0 Å². The smallest absolute Gasteiger partial charge is 0.250 e. The molecule has 2 aliphatic rings. The lowest BCUT2D eigenvalue weighted by atomic mass is 9.84. The Morgan fingerprint density at radius 1 is 1.03 bits per heavy atom. The highest BCUT2D eigenvalue weighted by Crippen LogP contribution is 2.44. The van der Waals surface area contributed by atoms with E-state index in [-0.39, 0.29) is 11.3 Å². The number of rotatable bonds is 5. The molecule has 1 spiro atoms. The van der Waals surface area contributed by atoms with E-state index in [2.05, 4.69) is 14.3 Å².